The Hall–Kier alpha value is -1.50. The van der Waals surface area contributed by atoms with Gasteiger partial charge in [0.25, 0.3) is 5.91 Å². The lowest BCUT2D eigenvalue weighted by Gasteiger charge is -2.36. The lowest BCUT2D eigenvalue weighted by molar-refractivity contribution is -0.138. The highest BCUT2D eigenvalue weighted by Crippen LogP contribution is 2.36. The van der Waals surface area contributed by atoms with Crippen LogP contribution in [0.4, 0.5) is 5.69 Å². The van der Waals surface area contributed by atoms with Gasteiger partial charge in [-0.25, -0.2) is 0 Å². The molecule has 2 fully saturated rings. The van der Waals surface area contributed by atoms with Gasteiger partial charge in [0.05, 0.1) is 16.8 Å². The number of amides is 1. The molecule has 184 valence electrons. The molecule has 1 amide bonds. The van der Waals surface area contributed by atoms with Gasteiger partial charge in [0.1, 0.15) is 6.10 Å². The van der Waals surface area contributed by atoms with Crippen LogP contribution in [-0.4, -0.2) is 59.1 Å². The van der Waals surface area contributed by atoms with E-state index in [-0.39, 0.29) is 11.9 Å². The molecule has 0 aromatic heterocycles. The molecule has 2 unspecified atom stereocenters. The van der Waals surface area contributed by atoms with Crippen LogP contribution in [-0.2, 0) is 4.79 Å². The zero-order valence-electron chi connectivity index (χ0n) is 19.6. The van der Waals surface area contributed by atoms with Crippen molar-refractivity contribution < 1.29 is 9.90 Å². The molecule has 2 heterocycles. The average Bonchev–Trinajstić information content (AvgIpc) is 3.30. The molecular formula is C26H32Cl3N3O2. The van der Waals surface area contributed by atoms with Crippen molar-refractivity contribution in [2.45, 2.75) is 57.2 Å². The van der Waals surface area contributed by atoms with Crippen molar-refractivity contribution in [1.82, 2.24) is 9.80 Å². The summed E-state index contributed by atoms with van der Waals surface area (Å²) in [6, 6.07) is 12.2. The first-order chi connectivity index (χ1) is 16.2. The van der Waals surface area contributed by atoms with Gasteiger partial charge >= 0.3 is 0 Å². The van der Waals surface area contributed by atoms with Crippen LogP contribution < -0.4 is 5.32 Å². The van der Waals surface area contributed by atoms with Crippen molar-refractivity contribution in [3.8, 4) is 0 Å². The van der Waals surface area contributed by atoms with Gasteiger partial charge in [-0.05, 0) is 87.5 Å². The summed E-state index contributed by atoms with van der Waals surface area (Å²) >= 11 is 19.0. The topological polar surface area (TPSA) is 55.8 Å². The van der Waals surface area contributed by atoms with Gasteiger partial charge in [0.2, 0.25) is 0 Å². The van der Waals surface area contributed by atoms with Gasteiger partial charge in [-0.2, -0.15) is 0 Å². The number of nitrogens with zero attached hydrogens (tertiary/aromatic N) is 2. The molecule has 0 aliphatic carbocycles. The van der Waals surface area contributed by atoms with Crippen LogP contribution >= 0.6 is 34.8 Å². The van der Waals surface area contributed by atoms with E-state index in [1.165, 1.54) is 5.56 Å². The summed E-state index contributed by atoms with van der Waals surface area (Å²) in [5, 5.41) is 15.0. The number of anilines is 1. The standard InChI is InChI=1S/C26H32Cl3N3O2/c1-16(22-5-4-20(27)14-24(22)29)30-25-13-19(3-6-23(25)28)18-7-10-31(11-8-18)21-9-12-32(15-21)26(34)17(2)33/h3-6,13-14,16-18,21,30,33H,7-12,15H2,1-2H3/t16-,17?,21?/m1/s1. The number of aliphatic hydroxyl groups excluding tert-OH is 1. The SMILES string of the molecule is CC(O)C(=O)N1CCC(N2CCC(c3ccc(Cl)c(N[C@H](C)c4ccc(Cl)cc4Cl)c3)CC2)C1. The van der Waals surface area contributed by atoms with Crippen molar-refractivity contribution in [2.75, 3.05) is 31.5 Å². The molecule has 2 saturated heterocycles. The molecule has 2 aromatic carbocycles. The zero-order chi connectivity index (χ0) is 24.4. The van der Waals surface area contributed by atoms with Crippen LogP contribution in [0.2, 0.25) is 15.1 Å². The Morgan fingerprint density at radius 1 is 1.00 bits per heavy atom. The van der Waals surface area contributed by atoms with E-state index >= 15 is 0 Å². The lowest BCUT2D eigenvalue weighted by Crippen LogP contribution is -2.44. The predicted octanol–water partition coefficient (Wildman–Crippen LogP) is 5.98. The number of carbonyl (C=O) groups excluding carboxylic acids is 1. The Morgan fingerprint density at radius 2 is 1.74 bits per heavy atom. The van der Waals surface area contributed by atoms with Crippen LogP contribution in [0.25, 0.3) is 0 Å². The number of halogens is 3. The van der Waals surface area contributed by atoms with E-state index in [0.29, 0.717) is 33.6 Å². The van der Waals surface area contributed by atoms with E-state index < -0.39 is 6.10 Å². The summed E-state index contributed by atoms with van der Waals surface area (Å²) < 4.78 is 0. The maximum Gasteiger partial charge on any atom is 0.251 e. The largest absolute Gasteiger partial charge is 0.384 e. The molecule has 4 rings (SSSR count). The third-order valence-corrected chi connectivity index (χ3v) is 8.03. The van der Waals surface area contributed by atoms with Crippen LogP contribution in [0.3, 0.4) is 0 Å². The summed E-state index contributed by atoms with van der Waals surface area (Å²) in [4.78, 5) is 16.4. The molecule has 0 bridgehead atoms. The summed E-state index contributed by atoms with van der Waals surface area (Å²) in [5.41, 5.74) is 3.17. The number of aliphatic hydroxyl groups is 1. The quantitative estimate of drug-likeness (QED) is 0.488. The normalized spacial score (nSPS) is 21.5. The Labute approximate surface area is 217 Å². The minimum Gasteiger partial charge on any atom is -0.384 e. The van der Waals surface area contributed by atoms with Crippen molar-refractivity contribution >= 4 is 46.4 Å². The van der Waals surface area contributed by atoms with Gasteiger partial charge in [-0.3, -0.25) is 9.69 Å². The molecule has 2 aliphatic heterocycles. The van der Waals surface area contributed by atoms with Crippen LogP contribution in [0, 0.1) is 0 Å². The van der Waals surface area contributed by atoms with Gasteiger partial charge in [0.15, 0.2) is 0 Å². The second-order valence-corrected chi connectivity index (χ2v) is 10.7. The first-order valence-electron chi connectivity index (χ1n) is 11.9. The Kier molecular flexibility index (Phi) is 8.32. The number of hydrogen-bond acceptors (Lipinski definition) is 4. The minimum atomic E-state index is -0.921. The molecule has 8 heteroatoms. The molecule has 0 spiro atoms. The summed E-state index contributed by atoms with van der Waals surface area (Å²) in [6.07, 6.45) is 2.19. The van der Waals surface area contributed by atoms with Gasteiger partial charge in [-0.15, -0.1) is 0 Å². The molecule has 0 saturated carbocycles. The number of nitrogens with one attached hydrogen (secondary N) is 1. The Bertz CT molecular complexity index is 1020. The van der Waals surface area contributed by atoms with E-state index in [9.17, 15) is 9.90 Å². The van der Waals surface area contributed by atoms with Crippen molar-refractivity contribution in [3.05, 3.63) is 62.6 Å². The number of rotatable bonds is 6. The highest BCUT2D eigenvalue weighted by atomic mass is 35.5. The fraction of sp³-hybridized carbons (Fsp3) is 0.500. The number of benzene rings is 2. The zero-order valence-corrected chi connectivity index (χ0v) is 21.9. The van der Waals surface area contributed by atoms with Gasteiger partial charge in [-0.1, -0.05) is 46.9 Å². The van der Waals surface area contributed by atoms with Gasteiger partial charge < -0.3 is 15.3 Å². The predicted molar refractivity (Wildman–Crippen MR) is 140 cm³/mol. The highest BCUT2D eigenvalue weighted by molar-refractivity contribution is 6.35. The first kappa shape index (κ1) is 25.6. The first-order valence-corrected chi connectivity index (χ1v) is 13.1. The van der Waals surface area contributed by atoms with Crippen molar-refractivity contribution in [1.29, 1.82) is 0 Å². The fourth-order valence-corrected chi connectivity index (χ4v) is 5.92. The minimum absolute atomic E-state index is 0.0194. The van der Waals surface area contributed by atoms with Crippen LogP contribution in [0.1, 0.15) is 56.2 Å². The second-order valence-electron chi connectivity index (χ2n) is 9.48. The summed E-state index contributed by atoms with van der Waals surface area (Å²) in [7, 11) is 0. The second kappa shape index (κ2) is 11.0. The van der Waals surface area contributed by atoms with E-state index in [2.05, 4.69) is 29.3 Å². The number of carbonyl (C=O) groups is 1. The molecule has 0 radical (unpaired) electrons. The van der Waals surface area contributed by atoms with E-state index in [0.717, 1.165) is 50.1 Å². The van der Waals surface area contributed by atoms with Crippen LogP contribution in [0.5, 0.6) is 0 Å². The average molecular weight is 525 g/mol. The smallest absolute Gasteiger partial charge is 0.251 e. The molecule has 2 aromatic rings. The Morgan fingerprint density at radius 3 is 2.41 bits per heavy atom. The highest BCUT2D eigenvalue weighted by Gasteiger charge is 2.33. The van der Waals surface area contributed by atoms with E-state index in [1.807, 2.05) is 18.2 Å². The molecule has 3 atom stereocenters. The summed E-state index contributed by atoms with van der Waals surface area (Å²) in [6.45, 7) is 7.07. The van der Waals surface area contributed by atoms with E-state index in [1.54, 1.807) is 17.9 Å². The maximum absolute atomic E-state index is 12.1. The Balaban J connectivity index is 1.37. The van der Waals surface area contributed by atoms with Gasteiger partial charge in [0, 0.05) is 29.2 Å². The lowest BCUT2D eigenvalue weighted by atomic mass is 9.88. The third-order valence-electron chi connectivity index (χ3n) is 7.14. The number of likely N-dealkylation sites (tertiary alicyclic amines) is 2. The molecular weight excluding hydrogens is 493 g/mol. The van der Waals surface area contributed by atoms with E-state index in [4.69, 9.17) is 34.8 Å². The molecule has 34 heavy (non-hydrogen) atoms. The van der Waals surface area contributed by atoms with Crippen molar-refractivity contribution in [3.63, 3.8) is 0 Å². The van der Waals surface area contributed by atoms with Crippen LogP contribution in [0.15, 0.2) is 36.4 Å². The molecule has 2 N–H and O–H groups in total. The third kappa shape index (κ3) is 5.83. The summed E-state index contributed by atoms with van der Waals surface area (Å²) in [5.74, 6) is 0.313. The number of hydrogen-bond donors (Lipinski definition) is 2. The molecule has 5 nitrogen and oxygen atoms in total. The monoisotopic (exact) mass is 523 g/mol. The fourth-order valence-electron chi connectivity index (χ4n) is 5.17. The van der Waals surface area contributed by atoms with Crippen molar-refractivity contribution in [2.24, 2.45) is 0 Å². The molecule has 2 aliphatic rings. The maximum atomic E-state index is 12.1. The number of piperidine rings is 1.